The molecule has 3 aromatic carbocycles. The molecule has 1 N–H and O–H groups in total. The van der Waals surface area contributed by atoms with E-state index >= 15 is 0 Å². The quantitative estimate of drug-likeness (QED) is 0.228. The van der Waals surface area contributed by atoms with Gasteiger partial charge in [0.15, 0.2) is 5.75 Å². The van der Waals surface area contributed by atoms with E-state index < -0.39 is 16.4 Å². The van der Waals surface area contributed by atoms with Crippen LogP contribution in [0, 0.1) is 21.4 Å². The van der Waals surface area contributed by atoms with Crippen LogP contribution in [0.15, 0.2) is 82.2 Å². The van der Waals surface area contributed by atoms with Crippen LogP contribution in [-0.2, 0) is 0 Å². The van der Waals surface area contributed by atoms with Crippen molar-refractivity contribution in [3.05, 3.63) is 94.0 Å². The minimum absolute atomic E-state index is 0.0601. The molecule has 33 heavy (non-hydrogen) atoms. The number of rotatable bonds is 6. The minimum atomic E-state index is -0.718. The van der Waals surface area contributed by atoms with Crippen molar-refractivity contribution in [1.82, 2.24) is 0 Å². The highest BCUT2D eigenvalue weighted by atomic mass is 16.6. The summed E-state index contributed by atoms with van der Waals surface area (Å²) in [6.45, 7) is 0. The smallest absolute Gasteiger partial charge is 0.315 e. The minimum Gasteiger partial charge on any atom is -0.500 e. The van der Waals surface area contributed by atoms with Gasteiger partial charge in [-0.15, -0.1) is 0 Å². The summed E-state index contributed by atoms with van der Waals surface area (Å²) in [5.74, 6) is -0.0988. The first-order valence-electron chi connectivity index (χ1n) is 9.80. The fraction of sp³-hybridized carbons (Fsp3) is 0.0400. The Hall–Kier alpha value is -4.90. The first-order valence-corrected chi connectivity index (χ1v) is 9.80. The molecule has 4 aromatic rings. The Morgan fingerprint density at radius 1 is 1.09 bits per heavy atom. The first-order chi connectivity index (χ1) is 16.0. The Morgan fingerprint density at radius 3 is 2.30 bits per heavy atom. The molecule has 0 aliphatic rings. The Balaban J connectivity index is 1.87. The second-order valence-electron chi connectivity index (χ2n) is 6.94. The fourth-order valence-corrected chi connectivity index (χ4v) is 3.40. The lowest BCUT2D eigenvalue weighted by atomic mass is 9.98. The van der Waals surface area contributed by atoms with Crippen LogP contribution in [0.4, 0.5) is 11.6 Å². The van der Waals surface area contributed by atoms with Crippen molar-refractivity contribution in [3.63, 3.8) is 0 Å². The predicted molar refractivity (Wildman–Crippen MR) is 123 cm³/mol. The fourth-order valence-electron chi connectivity index (χ4n) is 3.40. The predicted octanol–water partition coefficient (Wildman–Crippen LogP) is 5.86. The summed E-state index contributed by atoms with van der Waals surface area (Å²) < 4.78 is 11.0. The second kappa shape index (κ2) is 9.08. The van der Waals surface area contributed by atoms with Crippen molar-refractivity contribution < 1.29 is 19.2 Å². The number of methoxy groups -OCH3 is 1. The number of hydrogen-bond donors (Lipinski definition) is 1. The zero-order chi connectivity index (χ0) is 23.4. The maximum Gasteiger partial charge on any atom is 0.315 e. The van der Waals surface area contributed by atoms with Gasteiger partial charge in [-0.05, 0) is 11.6 Å². The van der Waals surface area contributed by atoms with E-state index in [1.165, 1.54) is 19.4 Å². The Labute approximate surface area is 188 Å². The lowest BCUT2D eigenvalue weighted by Gasteiger charge is -2.04. The number of ether oxygens (including phenoxy) is 1. The van der Waals surface area contributed by atoms with Crippen LogP contribution in [-0.4, -0.2) is 23.4 Å². The van der Waals surface area contributed by atoms with Crippen molar-refractivity contribution in [2.45, 2.75) is 0 Å². The van der Waals surface area contributed by atoms with Crippen LogP contribution in [0.3, 0.4) is 0 Å². The average molecular weight is 439 g/mol. The lowest BCUT2D eigenvalue weighted by molar-refractivity contribution is -0.386. The number of aliphatic imine (C=N–C) groups is 1. The van der Waals surface area contributed by atoms with Gasteiger partial charge in [-0.1, -0.05) is 60.7 Å². The Bertz CT molecular complexity index is 1390. The van der Waals surface area contributed by atoms with Gasteiger partial charge in [-0.3, -0.25) is 10.1 Å². The molecule has 0 fully saturated rings. The number of hydrogen-bond acceptors (Lipinski definition) is 7. The van der Waals surface area contributed by atoms with Crippen molar-refractivity contribution in [2.75, 3.05) is 7.11 Å². The van der Waals surface area contributed by atoms with Gasteiger partial charge in [0.25, 0.3) is 0 Å². The van der Waals surface area contributed by atoms with E-state index in [9.17, 15) is 20.5 Å². The zero-order valence-electron chi connectivity index (χ0n) is 17.4. The van der Waals surface area contributed by atoms with Gasteiger partial charge < -0.3 is 14.3 Å². The molecule has 0 saturated carbocycles. The zero-order valence-corrected chi connectivity index (χ0v) is 17.4. The number of nitro benzene ring substituents is 1. The molecule has 1 heterocycles. The molecule has 8 nitrogen and oxygen atoms in total. The van der Waals surface area contributed by atoms with Gasteiger partial charge in [-0.25, -0.2) is 4.99 Å². The monoisotopic (exact) mass is 439 g/mol. The van der Waals surface area contributed by atoms with Crippen LogP contribution < -0.4 is 4.74 Å². The molecule has 0 aliphatic carbocycles. The highest BCUT2D eigenvalue weighted by Crippen LogP contribution is 2.42. The molecule has 0 aliphatic heterocycles. The highest BCUT2D eigenvalue weighted by molar-refractivity contribution is 5.90. The molecule has 0 bridgehead atoms. The van der Waals surface area contributed by atoms with E-state index in [0.717, 1.165) is 17.2 Å². The summed E-state index contributed by atoms with van der Waals surface area (Å²) in [7, 11) is 1.29. The van der Waals surface area contributed by atoms with E-state index in [-0.39, 0.29) is 17.2 Å². The number of nitriles is 1. The standard InChI is InChI=1S/C25H17N3O5/c1-32-21-13-16(12-20(23(21)29)28(30)31)15-27-25-19(14-26)22(17-8-4-2-5-9-17)24(33-25)18-10-6-3-7-11-18/h2-13,15,29H,1H3. The molecule has 0 amide bonds. The number of nitrogens with zero attached hydrogens (tertiary/aromatic N) is 3. The first kappa shape index (κ1) is 21.3. The number of phenolic OH excluding ortho intramolecular Hbond substituents is 1. The summed E-state index contributed by atoms with van der Waals surface area (Å²) in [6.07, 6.45) is 1.32. The molecule has 4 rings (SSSR count). The molecular formula is C25H17N3O5. The number of furan rings is 1. The number of benzene rings is 3. The molecule has 1 aromatic heterocycles. The molecule has 0 spiro atoms. The van der Waals surface area contributed by atoms with Gasteiger partial charge in [0.2, 0.25) is 11.6 Å². The summed E-state index contributed by atoms with van der Waals surface area (Å²) in [5, 5.41) is 31.2. The second-order valence-corrected chi connectivity index (χ2v) is 6.94. The molecule has 8 heteroatoms. The normalized spacial score (nSPS) is 10.8. The third-order valence-electron chi connectivity index (χ3n) is 4.92. The van der Waals surface area contributed by atoms with Crippen molar-refractivity contribution >= 4 is 17.8 Å². The van der Waals surface area contributed by atoms with Crippen LogP contribution in [0.5, 0.6) is 11.5 Å². The summed E-state index contributed by atoms with van der Waals surface area (Å²) in [5.41, 5.74) is 2.17. The van der Waals surface area contributed by atoms with E-state index in [0.29, 0.717) is 16.9 Å². The lowest BCUT2D eigenvalue weighted by Crippen LogP contribution is -1.94. The topological polar surface area (TPSA) is 122 Å². The van der Waals surface area contributed by atoms with E-state index in [2.05, 4.69) is 11.1 Å². The Kier molecular flexibility index (Phi) is 5.87. The van der Waals surface area contributed by atoms with Gasteiger partial charge in [-0.2, -0.15) is 5.26 Å². The largest absolute Gasteiger partial charge is 0.500 e. The van der Waals surface area contributed by atoms with Crippen LogP contribution in [0.2, 0.25) is 0 Å². The average Bonchev–Trinajstić information content (AvgIpc) is 3.22. The van der Waals surface area contributed by atoms with Gasteiger partial charge in [0, 0.05) is 29.0 Å². The summed E-state index contributed by atoms with van der Waals surface area (Å²) in [4.78, 5) is 14.9. The third kappa shape index (κ3) is 4.16. The SMILES string of the molecule is COc1cc(C=Nc2oc(-c3ccccc3)c(-c3ccccc3)c2C#N)cc([N+](=O)[O-])c1O. The van der Waals surface area contributed by atoms with Crippen LogP contribution >= 0.6 is 0 Å². The maximum atomic E-state index is 11.3. The molecule has 0 atom stereocenters. The number of aromatic hydroxyl groups is 1. The molecule has 0 radical (unpaired) electrons. The van der Waals surface area contributed by atoms with Crippen molar-refractivity contribution in [1.29, 1.82) is 5.26 Å². The van der Waals surface area contributed by atoms with E-state index in [1.54, 1.807) is 0 Å². The third-order valence-corrected chi connectivity index (χ3v) is 4.92. The summed E-state index contributed by atoms with van der Waals surface area (Å²) in [6, 6.07) is 23.4. The molecular weight excluding hydrogens is 422 g/mol. The molecule has 162 valence electrons. The van der Waals surface area contributed by atoms with Crippen LogP contribution in [0.25, 0.3) is 22.5 Å². The van der Waals surface area contributed by atoms with E-state index in [1.807, 2.05) is 60.7 Å². The van der Waals surface area contributed by atoms with Crippen LogP contribution in [0.1, 0.15) is 11.1 Å². The highest BCUT2D eigenvalue weighted by Gasteiger charge is 2.23. The van der Waals surface area contributed by atoms with E-state index in [4.69, 9.17) is 9.15 Å². The molecule has 0 saturated heterocycles. The number of phenols is 1. The van der Waals surface area contributed by atoms with Gasteiger partial charge >= 0.3 is 5.69 Å². The van der Waals surface area contributed by atoms with Gasteiger partial charge in [0.05, 0.1) is 12.0 Å². The maximum absolute atomic E-state index is 11.3. The summed E-state index contributed by atoms with van der Waals surface area (Å²) >= 11 is 0. The van der Waals surface area contributed by atoms with Gasteiger partial charge in [0.1, 0.15) is 17.4 Å². The van der Waals surface area contributed by atoms with Crippen molar-refractivity contribution in [3.8, 4) is 40.0 Å². The number of nitro groups is 1. The molecule has 0 unspecified atom stereocenters. The van der Waals surface area contributed by atoms with Crippen molar-refractivity contribution in [2.24, 2.45) is 4.99 Å². The Morgan fingerprint density at radius 2 is 1.73 bits per heavy atom.